The summed E-state index contributed by atoms with van der Waals surface area (Å²) in [6, 6.07) is 11.5. The molecule has 2 heterocycles. The molecule has 30 heavy (non-hydrogen) atoms. The molecule has 2 aromatic rings. The summed E-state index contributed by atoms with van der Waals surface area (Å²) in [5, 5.41) is 0. The van der Waals surface area contributed by atoms with Crippen molar-refractivity contribution in [1.82, 2.24) is 4.57 Å². The van der Waals surface area contributed by atoms with E-state index >= 15 is 0 Å². The third-order valence-corrected chi connectivity index (χ3v) is 4.58. The van der Waals surface area contributed by atoms with Gasteiger partial charge in [0.15, 0.2) is 0 Å². The molecular weight excluding hydrogens is 378 g/mol. The van der Waals surface area contributed by atoms with Gasteiger partial charge < -0.3 is 18.8 Å². The number of terminal acetylenes is 1. The van der Waals surface area contributed by atoms with E-state index in [1.165, 1.54) is 18.9 Å². The van der Waals surface area contributed by atoms with Crippen LogP contribution in [0.4, 0.5) is 0 Å². The molecular formula is C25H29NO4. The van der Waals surface area contributed by atoms with E-state index in [0.29, 0.717) is 18.2 Å². The quantitative estimate of drug-likeness (QED) is 0.733. The third-order valence-electron chi connectivity index (χ3n) is 4.58. The second-order valence-corrected chi connectivity index (χ2v) is 6.93. The summed E-state index contributed by atoms with van der Waals surface area (Å²) in [6.45, 7) is 5.59. The molecule has 1 saturated carbocycles. The van der Waals surface area contributed by atoms with Crippen LogP contribution >= 0.6 is 0 Å². The number of nitrogens with zero attached hydrogens (tertiary/aromatic N) is 1. The van der Waals surface area contributed by atoms with E-state index in [1.54, 1.807) is 11.7 Å². The molecule has 0 amide bonds. The summed E-state index contributed by atoms with van der Waals surface area (Å²) in [5.41, 5.74) is 2.97. The maximum absolute atomic E-state index is 12.1. The van der Waals surface area contributed by atoms with Gasteiger partial charge in [0.2, 0.25) is 0 Å². The number of aromatic nitrogens is 1. The number of rotatable bonds is 3. The lowest BCUT2D eigenvalue weighted by atomic mass is 10.1. The van der Waals surface area contributed by atoms with Gasteiger partial charge in [-0.15, -0.1) is 12.8 Å². The predicted molar refractivity (Wildman–Crippen MR) is 119 cm³/mol. The summed E-state index contributed by atoms with van der Waals surface area (Å²) in [5.74, 6) is 7.67. The Balaban J connectivity index is 0.000000340. The van der Waals surface area contributed by atoms with E-state index in [9.17, 15) is 4.79 Å². The first-order valence-corrected chi connectivity index (χ1v) is 10.0. The molecule has 1 saturated heterocycles. The lowest BCUT2D eigenvalue weighted by Gasteiger charge is -2.11. The van der Waals surface area contributed by atoms with Gasteiger partial charge in [-0.1, -0.05) is 24.0 Å². The highest BCUT2D eigenvalue weighted by atomic mass is 16.6. The molecule has 0 spiro atoms. The Hall–Kier alpha value is -2.99. The Morgan fingerprint density at radius 1 is 1.07 bits per heavy atom. The maximum Gasteiger partial charge on any atom is 0.254 e. The smallest absolute Gasteiger partial charge is 0.254 e. The van der Waals surface area contributed by atoms with Gasteiger partial charge in [-0.3, -0.25) is 4.79 Å². The van der Waals surface area contributed by atoms with Crippen molar-refractivity contribution in [3.05, 3.63) is 63.6 Å². The van der Waals surface area contributed by atoms with Crippen molar-refractivity contribution in [2.24, 2.45) is 5.92 Å². The highest BCUT2D eigenvalue weighted by Crippen LogP contribution is 2.27. The number of methoxy groups -OCH3 is 1. The molecule has 0 N–H and O–H groups in total. The number of ether oxygens (including phenoxy) is 3. The average Bonchev–Trinajstić information content (AvgIpc) is 3.63. The van der Waals surface area contributed by atoms with Gasteiger partial charge in [-0.2, -0.15) is 0 Å². The molecule has 5 nitrogen and oxygen atoms in total. The number of benzene rings is 1. The Morgan fingerprint density at radius 2 is 1.67 bits per heavy atom. The fraction of sp³-hybridized carbons (Fsp3) is 0.400. The van der Waals surface area contributed by atoms with Crippen LogP contribution in [0.2, 0.25) is 0 Å². The largest absolute Gasteiger partial charge is 0.496 e. The first-order chi connectivity index (χ1) is 14.7. The number of hydrogen-bond acceptors (Lipinski definition) is 4. The zero-order valence-electron chi connectivity index (χ0n) is 17.7. The predicted octanol–water partition coefficient (Wildman–Crippen LogP) is 3.26. The summed E-state index contributed by atoms with van der Waals surface area (Å²) >= 11 is 0. The van der Waals surface area contributed by atoms with Gasteiger partial charge in [0.05, 0.1) is 40.1 Å². The van der Waals surface area contributed by atoms with Crippen LogP contribution in [-0.4, -0.2) is 38.1 Å². The SMILES string of the molecule is C#C.C1COCCO1.COc1cc(C)n(Cc2ccc(C#CC3CC3)cc2)c(=O)c1. The Kier molecular flexibility index (Phi) is 9.74. The highest BCUT2D eigenvalue weighted by Gasteiger charge is 2.17. The lowest BCUT2D eigenvalue weighted by molar-refractivity contribution is -0.0334. The van der Waals surface area contributed by atoms with Crippen LogP contribution in [0.25, 0.3) is 0 Å². The van der Waals surface area contributed by atoms with Crippen molar-refractivity contribution >= 4 is 0 Å². The molecule has 1 aromatic heterocycles. The van der Waals surface area contributed by atoms with E-state index in [1.807, 2.05) is 37.3 Å². The highest BCUT2D eigenvalue weighted by molar-refractivity contribution is 5.37. The van der Waals surface area contributed by atoms with E-state index < -0.39 is 0 Å². The Bertz CT molecular complexity index is 912. The second-order valence-electron chi connectivity index (χ2n) is 6.93. The van der Waals surface area contributed by atoms with Crippen LogP contribution in [-0.2, 0) is 16.0 Å². The average molecular weight is 408 g/mol. The molecule has 1 aliphatic heterocycles. The van der Waals surface area contributed by atoms with Crippen molar-refractivity contribution in [3.63, 3.8) is 0 Å². The molecule has 5 heteroatoms. The summed E-state index contributed by atoms with van der Waals surface area (Å²) in [7, 11) is 1.57. The first kappa shape index (κ1) is 23.3. The van der Waals surface area contributed by atoms with Crippen LogP contribution < -0.4 is 10.3 Å². The fourth-order valence-electron chi connectivity index (χ4n) is 2.75. The standard InChI is InChI=1S/C19H19NO2.C4H8O2.C2H2/c1-14-11-18(22-2)12-19(21)20(14)13-17-9-7-16(8-10-17)6-5-15-3-4-15;1-2-6-4-3-5-1;1-2/h7-12,15H,3-4,13H2,1-2H3;1-4H2;1-2H. The molecule has 0 atom stereocenters. The van der Waals surface area contributed by atoms with Crippen LogP contribution in [0, 0.1) is 37.5 Å². The molecule has 158 valence electrons. The van der Waals surface area contributed by atoms with Gasteiger partial charge >= 0.3 is 0 Å². The minimum Gasteiger partial charge on any atom is -0.496 e. The van der Waals surface area contributed by atoms with Gasteiger partial charge in [-0.05, 0) is 43.5 Å². The van der Waals surface area contributed by atoms with Gasteiger partial charge in [0.1, 0.15) is 5.75 Å². The number of hydrogen-bond donors (Lipinski definition) is 0. The second kappa shape index (κ2) is 12.5. The fourth-order valence-corrected chi connectivity index (χ4v) is 2.75. The summed E-state index contributed by atoms with van der Waals surface area (Å²) in [6.07, 6.45) is 10.5. The van der Waals surface area contributed by atoms with Crippen molar-refractivity contribution in [2.75, 3.05) is 33.5 Å². The molecule has 4 rings (SSSR count). The minimum absolute atomic E-state index is 0.0468. The minimum atomic E-state index is -0.0468. The maximum atomic E-state index is 12.1. The number of pyridine rings is 1. The van der Waals surface area contributed by atoms with Gasteiger partial charge in [-0.25, -0.2) is 0 Å². The molecule has 1 aliphatic carbocycles. The normalized spacial score (nSPS) is 14.7. The summed E-state index contributed by atoms with van der Waals surface area (Å²) < 4.78 is 16.8. The Morgan fingerprint density at radius 3 is 2.13 bits per heavy atom. The van der Waals surface area contributed by atoms with Crippen LogP contribution in [0.3, 0.4) is 0 Å². The zero-order valence-corrected chi connectivity index (χ0v) is 17.7. The van der Waals surface area contributed by atoms with Crippen molar-refractivity contribution in [3.8, 4) is 30.4 Å². The topological polar surface area (TPSA) is 49.7 Å². The third kappa shape index (κ3) is 7.79. The van der Waals surface area contributed by atoms with Gasteiger partial charge in [0, 0.05) is 23.2 Å². The van der Waals surface area contributed by atoms with E-state index in [0.717, 1.165) is 43.2 Å². The Labute approximate surface area is 179 Å². The lowest BCUT2D eigenvalue weighted by Crippen LogP contribution is -2.22. The molecule has 0 bridgehead atoms. The zero-order chi connectivity index (χ0) is 21.8. The van der Waals surface area contributed by atoms with E-state index in [-0.39, 0.29) is 5.56 Å². The van der Waals surface area contributed by atoms with Crippen molar-refractivity contribution in [1.29, 1.82) is 0 Å². The van der Waals surface area contributed by atoms with Crippen LogP contribution in [0.1, 0.15) is 29.7 Å². The molecule has 2 aliphatic rings. The van der Waals surface area contributed by atoms with Crippen molar-refractivity contribution in [2.45, 2.75) is 26.3 Å². The summed E-state index contributed by atoms with van der Waals surface area (Å²) in [4.78, 5) is 12.1. The monoisotopic (exact) mass is 407 g/mol. The number of aryl methyl sites for hydroxylation is 1. The molecule has 0 unspecified atom stereocenters. The molecule has 1 aromatic carbocycles. The molecule has 2 fully saturated rings. The van der Waals surface area contributed by atoms with Gasteiger partial charge in [0.25, 0.3) is 5.56 Å². The van der Waals surface area contributed by atoms with E-state index in [2.05, 4.69) is 24.7 Å². The van der Waals surface area contributed by atoms with Crippen LogP contribution in [0.15, 0.2) is 41.2 Å². The van der Waals surface area contributed by atoms with Crippen LogP contribution in [0.5, 0.6) is 5.75 Å². The van der Waals surface area contributed by atoms with Crippen molar-refractivity contribution < 1.29 is 14.2 Å². The van der Waals surface area contributed by atoms with E-state index in [4.69, 9.17) is 14.2 Å². The molecule has 0 radical (unpaired) electrons. The first-order valence-electron chi connectivity index (χ1n) is 10.0.